The van der Waals surface area contributed by atoms with Crippen LogP contribution < -0.4 is 5.73 Å². The number of carbonyl (C=O) groups is 1. The van der Waals surface area contributed by atoms with Gasteiger partial charge in [-0.25, -0.2) is 0 Å². The van der Waals surface area contributed by atoms with Crippen molar-refractivity contribution in [3.8, 4) is 0 Å². The number of thioether (sulfide) groups is 1. The summed E-state index contributed by atoms with van der Waals surface area (Å²) in [5.41, 5.74) is 5.09. The fraction of sp³-hybridized carbons (Fsp3) is 0.778. The Balaban J connectivity index is 0.00000196. The van der Waals surface area contributed by atoms with Crippen molar-refractivity contribution in [2.45, 2.75) is 32.2 Å². The summed E-state index contributed by atoms with van der Waals surface area (Å²) in [6, 6.07) is 0. The molecule has 0 aromatic carbocycles. The number of nitrogens with two attached hydrogens (primary N) is 1. The lowest BCUT2D eigenvalue weighted by Crippen LogP contribution is -2.46. The first-order chi connectivity index (χ1) is 6.43. The number of carbonyl (C=O) groups excluding carboxylic acids is 1. The molecule has 1 fully saturated rings. The highest BCUT2D eigenvalue weighted by molar-refractivity contribution is 8.13. The number of hydrogen-bond donors (Lipinski definition) is 2. The molecular formula is C9H18ClN3OS. The fourth-order valence-corrected chi connectivity index (χ4v) is 2.29. The van der Waals surface area contributed by atoms with Crippen molar-refractivity contribution in [3.63, 3.8) is 0 Å². The van der Waals surface area contributed by atoms with Gasteiger partial charge in [0, 0.05) is 24.3 Å². The second-order valence-corrected chi connectivity index (χ2v) is 5.13. The molecule has 0 atom stereocenters. The normalized spacial score (nSPS) is 16.4. The summed E-state index contributed by atoms with van der Waals surface area (Å²) in [6.07, 6.45) is 1.61. The van der Waals surface area contributed by atoms with Crippen LogP contribution in [0.5, 0.6) is 0 Å². The molecule has 3 N–H and O–H groups in total. The number of amidine groups is 1. The minimum atomic E-state index is -0.191. The molecular weight excluding hydrogens is 234 g/mol. The van der Waals surface area contributed by atoms with Crippen molar-refractivity contribution in [1.29, 1.82) is 5.41 Å². The molecule has 0 unspecified atom stereocenters. The molecule has 1 rings (SSSR count). The summed E-state index contributed by atoms with van der Waals surface area (Å²) in [5, 5.41) is 7.25. The van der Waals surface area contributed by atoms with Crippen LogP contribution in [0, 0.1) is 5.41 Å². The fourth-order valence-electron chi connectivity index (χ4n) is 1.62. The average Bonchev–Trinajstić information content (AvgIpc) is 2.48. The van der Waals surface area contributed by atoms with Crippen LogP contribution >= 0.6 is 24.2 Å². The first-order valence-corrected chi connectivity index (χ1v) is 5.69. The standard InChI is InChI=1S/C9H17N3OS.ClH/c1-9(2,6-14-8(10)11)12-5-3-4-7(12)13;/h3-6H2,1-2H3,(H3,10,11);1H. The van der Waals surface area contributed by atoms with Crippen LogP contribution in [0.4, 0.5) is 0 Å². The van der Waals surface area contributed by atoms with Gasteiger partial charge in [0.1, 0.15) is 0 Å². The van der Waals surface area contributed by atoms with E-state index >= 15 is 0 Å². The number of amides is 1. The van der Waals surface area contributed by atoms with E-state index in [4.69, 9.17) is 11.1 Å². The first kappa shape index (κ1) is 14.6. The zero-order valence-corrected chi connectivity index (χ0v) is 10.7. The SMILES string of the molecule is CC(C)(CSC(=N)N)N1CCCC1=O.Cl. The third-order valence-electron chi connectivity index (χ3n) is 2.39. The quantitative estimate of drug-likeness (QED) is 0.589. The molecule has 0 bridgehead atoms. The topological polar surface area (TPSA) is 70.2 Å². The van der Waals surface area contributed by atoms with Crippen LogP contribution in [0.1, 0.15) is 26.7 Å². The second-order valence-electron chi connectivity index (χ2n) is 4.11. The Morgan fingerprint density at radius 2 is 2.27 bits per heavy atom. The molecule has 0 aliphatic carbocycles. The lowest BCUT2D eigenvalue weighted by Gasteiger charge is -2.35. The highest BCUT2D eigenvalue weighted by Crippen LogP contribution is 2.25. The molecule has 0 aromatic rings. The molecule has 1 aliphatic heterocycles. The molecule has 1 saturated heterocycles. The Bertz CT molecular complexity index is 258. The molecule has 6 heteroatoms. The molecule has 0 radical (unpaired) electrons. The van der Waals surface area contributed by atoms with Crippen molar-refractivity contribution in [2.24, 2.45) is 5.73 Å². The molecule has 15 heavy (non-hydrogen) atoms. The van der Waals surface area contributed by atoms with Crippen LogP contribution in [0.3, 0.4) is 0 Å². The van der Waals surface area contributed by atoms with Gasteiger partial charge in [0.15, 0.2) is 5.17 Å². The summed E-state index contributed by atoms with van der Waals surface area (Å²) in [5.74, 6) is 0.910. The van der Waals surface area contributed by atoms with E-state index in [-0.39, 0.29) is 29.0 Å². The van der Waals surface area contributed by atoms with E-state index in [0.29, 0.717) is 12.2 Å². The largest absolute Gasteiger partial charge is 0.379 e. The summed E-state index contributed by atoms with van der Waals surface area (Å²) in [6.45, 7) is 4.88. The van der Waals surface area contributed by atoms with Crippen molar-refractivity contribution in [1.82, 2.24) is 4.90 Å². The van der Waals surface area contributed by atoms with Crippen molar-refractivity contribution in [2.75, 3.05) is 12.3 Å². The van der Waals surface area contributed by atoms with Gasteiger partial charge in [-0.1, -0.05) is 11.8 Å². The maximum absolute atomic E-state index is 11.5. The van der Waals surface area contributed by atoms with Crippen molar-refractivity contribution < 1.29 is 4.79 Å². The van der Waals surface area contributed by atoms with E-state index in [0.717, 1.165) is 13.0 Å². The predicted octanol–water partition coefficient (Wildman–Crippen LogP) is 1.44. The van der Waals surface area contributed by atoms with Gasteiger partial charge in [-0.05, 0) is 20.3 Å². The monoisotopic (exact) mass is 251 g/mol. The molecule has 4 nitrogen and oxygen atoms in total. The van der Waals surface area contributed by atoms with Gasteiger partial charge in [-0.3, -0.25) is 10.2 Å². The average molecular weight is 252 g/mol. The van der Waals surface area contributed by atoms with E-state index in [2.05, 4.69) is 0 Å². The molecule has 88 valence electrons. The van der Waals surface area contributed by atoms with Gasteiger partial charge in [-0.15, -0.1) is 12.4 Å². The maximum Gasteiger partial charge on any atom is 0.223 e. The maximum atomic E-state index is 11.5. The third-order valence-corrected chi connectivity index (χ3v) is 3.55. The molecule has 1 heterocycles. The number of rotatable bonds is 3. The van der Waals surface area contributed by atoms with Gasteiger partial charge in [-0.2, -0.15) is 0 Å². The number of halogens is 1. The third kappa shape index (κ3) is 3.91. The van der Waals surface area contributed by atoms with Gasteiger partial charge in [0.25, 0.3) is 0 Å². The predicted molar refractivity (Wildman–Crippen MR) is 66.6 cm³/mol. The van der Waals surface area contributed by atoms with Crippen molar-refractivity contribution >= 4 is 35.2 Å². The lowest BCUT2D eigenvalue weighted by atomic mass is 10.1. The zero-order valence-electron chi connectivity index (χ0n) is 9.08. The van der Waals surface area contributed by atoms with Gasteiger partial charge >= 0.3 is 0 Å². The Labute approximate surface area is 101 Å². The molecule has 0 spiro atoms. The Hall–Kier alpha value is -0.420. The second kappa shape index (κ2) is 5.61. The van der Waals surface area contributed by atoms with Crippen LogP contribution in [-0.2, 0) is 4.79 Å². The van der Waals surface area contributed by atoms with E-state index in [1.54, 1.807) is 0 Å². The van der Waals surface area contributed by atoms with E-state index in [9.17, 15) is 4.79 Å². The summed E-state index contributed by atoms with van der Waals surface area (Å²) < 4.78 is 0. The van der Waals surface area contributed by atoms with Crippen LogP contribution in [0.15, 0.2) is 0 Å². The zero-order chi connectivity index (χ0) is 10.8. The Morgan fingerprint density at radius 1 is 1.67 bits per heavy atom. The molecule has 1 amide bonds. The van der Waals surface area contributed by atoms with Gasteiger partial charge in [0.2, 0.25) is 5.91 Å². The van der Waals surface area contributed by atoms with Crippen molar-refractivity contribution in [3.05, 3.63) is 0 Å². The van der Waals surface area contributed by atoms with E-state index in [1.807, 2.05) is 18.7 Å². The van der Waals surface area contributed by atoms with Gasteiger partial charge < -0.3 is 10.6 Å². The van der Waals surface area contributed by atoms with Gasteiger partial charge in [0.05, 0.1) is 0 Å². The summed E-state index contributed by atoms with van der Waals surface area (Å²) in [7, 11) is 0. The molecule has 0 aromatic heterocycles. The molecule has 1 aliphatic rings. The number of nitrogens with one attached hydrogen (secondary N) is 1. The smallest absolute Gasteiger partial charge is 0.223 e. The van der Waals surface area contributed by atoms with Crippen LogP contribution in [0.25, 0.3) is 0 Å². The summed E-state index contributed by atoms with van der Waals surface area (Å²) >= 11 is 1.29. The van der Waals surface area contributed by atoms with Crippen LogP contribution in [-0.4, -0.2) is 33.8 Å². The first-order valence-electron chi connectivity index (χ1n) is 4.71. The van der Waals surface area contributed by atoms with E-state index in [1.165, 1.54) is 11.8 Å². The number of likely N-dealkylation sites (tertiary alicyclic amines) is 1. The van der Waals surface area contributed by atoms with E-state index < -0.39 is 0 Å². The highest BCUT2D eigenvalue weighted by Gasteiger charge is 2.33. The number of nitrogens with zero attached hydrogens (tertiary/aromatic N) is 1. The minimum absolute atomic E-state index is 0. The highest BCUT2D eigenvalue weighted by atomic mass is 35.5. The minimum Gasteiger partial charge on any atom is -0.379 e. The Kier molecular flexibility index (Phi) is 5.45. The lowest BCUT2D eigenvalue weighted by molar-refractivity contribution is -0.131. The molecule has 0 saturated carbocycles. The number of hydrogen-bond acceptors (Lipinski definition) is 3. The van der Waals surface area contributed by atoms with Crippen LogP contribution in [0.2, 0.25) is 0 Å². The summed E-state index contributed by atoms with van der Waals surface area (Å²) in [4.78, 5) is 13.4. The Morgan fingerprint density at radius 3 is 2.67 bits per heavy atom.